The van der Waals surface area contributed by atoms with Crippen LogP contribution >= 0.6 is 0 Å². The van der Waals surface area contributed by atoms with Crippen LogP contribution in [0.5, 0.6) is 0 Å². The quantitative estimate of drug-likeness (QED) is 0.447. The zero-order valence-electron chi connectivity index (χ0n) is 11.9. The Kier molecular flexibility index (Phi) is 5.61. The summed E-state index contributed by atoms with van der Waals surface area (Å²) in [4.78, 5) is 11.5. The lowest BCUT2D eigenvalue weighted by molar-refractivity contribution is -0.150. The Labute approximate surface area is 133 Å². The van der Waals surface area contributed by atoms with Crippen LogP contribution in [0, 0.1) is 28.8 Å². The van der Waals surface area contributed by atoms with Gasteiger partial charge < -0.3 is 4.74 Å². The number of carbonyl (C=O) groups excluding carboxylic acids is 1. The number of benzene rings is 1. The average molecular weight is 379 g/mol. The molecule has 0 saturated heterocycles. The van der Waals surface area contributed by atoms with Crippen LogP contribution in [-0.2, 0) is 21.9 Å². The van der Waals surface area contributed by atoms with Crippen molar-refractivity contribution >= 4 is 5.97 Å². The number of ether oxygens (including phenoxy) is 1. The summed E-state index contributed by atoms with van der Waals surface area (Å²) in [6.45, 7) is 0.660. The molecule has 0 fully saturated rings. The van der Waals surface area contributed by atoms with Gasteiger partial charge in [0.1, 0.15) is 11.1 Å². The molecule has 0 amide bonds. The van der Waals surface area contributed by atoms with Crippen molar-refractivity contribution < 1.29 is 49.0 Å². The number of carbonyl (C=O) groups is 1. The molecule has 0 spiro atoms. The fourth-order valence-corrected chi connectivity index (χ4v) is 1.94. The summed E-state index contributed by atoms with van der Waals surface area (Å²) < 4.78 is 122. The third-order valence-corrected chi connectivity index (χ3v) is 2.86. The first-order valence-electron chi connectivity index (χ1n) is 6.19. The second-order valence-corrected chi connectivity index (χ2v) is 4.42. The van der Waals surface area contributed by atoms with Crippen LogP contribution in [0.4, 0.5) is 39.5 Å². The van der Waals surface area contributed by atoms with Gasteiger partial charge in [-0.15, -0.1) is 0 Å². The SMILES string of the molecule is CCOC(=O)C(C#N)c1c(F)c(F)c(C(F)(F)F)c(F)c1C(F)(F)F. The van der Waals surface area contributed by atoms with E-state index in [1.165, 1.54) is 0 Å². The molecule has 0 saturated carbocycles. The van der Waals surface area contributed by atoms with Crippen LogP contribution in [0.3, 0.4) is 0 Å². The van der Waals surface area contributed by atoms with Crippen LogP contribution in [0.2, 0.25) is 0 Å². The number of alkyl halides is 6. The number of nitriles is 1. The molecule has 0 aliphatic carbocycles. The Balaban J connectivity index is 3.98. The number of hydrogen-bond acceptors (Lipinski definition) is 3. The van der Waals surface area contributed by atoms with E-state index >= 15 is 0 Å². The number of nitrogens with zero attached hydrogens (tertiary/aromatic N) is 1. The topological polar surface area (TPSA) is 50.1 Å². The second kappa shape index (κ2) is 6.81. The predicted molar refractivity (Wildman–Crippen MR) is 61.3 cm³/mol. The third-order valence-electron chi connectivity index (χ3n) is 2.86. The maximum Gasteiger partial charge on any atom is 0.422 e. The maximum absolute atomic E-state index is 13.9. The van der Waals surface area contributed by atoms with Crippen molar-refractivity contribution in [2.24, 2.45) is 0 Å². The van der Waals surface area contributed by atoms with E-state index in [4.69, 9.17) is 5.26 Å². The van der Waals surface area contributed by atoms with Gasteiger partial charge in [0, 0.05) is 5.56 Å². The van der Waals surface area contributed by atoms with Gasteiger partial charge in [-0.3, -0.25) is 4.79 Å². The van der Waals surface area contributed by atoms with E-state index in [-0.39, 0.29) is 0 Å². The summed E-state index contributed by atoms with van der Waals surface area (Å²) in [5, 5.41) is 8.75. The molecule has 25 heavy (non-hydrogen) atoms. The lowest BCUT2D eigenvalue weighted by atomic mass is 9.91. The largest absolute Gasteiger partial charge is 0.465 e. The second-order valence-electron chi connectivity index (χ2n) is 4.42. The minimum absolute atomic E-state index is 0.494. The van der Waals surface area contributed by atoms with Gasteiger partial charge >= 0.3 is 18.3 Å². The molecule has 0 radical (unpaired) electrons. The van der Waals surface area contributed by atoms with E-state index in [1.807, 2.05) is 0 Å². The van der Waals surface area contributed by atoms with Crippen molar-refractivity contribution in [1.82, 2.24) is 0 Å². The van der Waals surface area contributed by atoms with Crippen molar-refractivity contribution in [2.75, 3.05) is 6.61 Å². The number of esters is 1. The highest BCUT2D eigenvalue weighted by molar-refractivity contribution is 5.82. The summed E-state index contributed by atoms with van der Waals surface area (Å²) in [5.41, 5.74) is -8.24. The van der Waals surface area contributed by atoms with Gasteiger partial charge in [0.15, 0.2) is 23.4 Å². The molecule has 1 aromatic carbocycles. The van der Waals surface area contributed by atoms with Crippen molar-refractivity contribution in [1.29, 1.82) is 5.26 Å². The van der Waals surface area contributed by atoms with Gasteiger partial charge in [-0.25, -0.2) is 13.2 Å². The van der Waals surface area contributed by atoms with Crippen molar-refractivity contribution in [3.05, 3.63) is 34.1 Å². The highest BCUT2D eigenvalue weighted by atomic mass is 19.4. The fourth-order valence-electron chi connectivity index (χ4n) is 1.94. The van der Waals surface area contributed by atoms with Crippen LogP contribution in [-0.4, -0.2) is 12.6 Å². The Morgan fingerprint density at radius 1 is 1.00 bits per heavy atom. The van der Waals surface area contributed by atoms with E-state index in [9.17, 15) is 44.3 Å². The van der Waals surface area contributed by atoms with Gasteiger partial charge in [0.25, 0.3) is 0 Å². The van der Waals surface area contributed by atoms with Crippen LogP contribution in [0.1, 0.15) is 29.5 Å². The zero-order valence-corrected chi connectivity index (χ0v) is 11.9. The molecule has 0 aromatic heterocycles. The van der Waals surface area contributed by atoms with Gasteiger partial charge in [0.2, 0.25) is 0 Å². The molecular weight excluding hydrogens is 373 g/mol. The lowest BCUT2D eigenvalue weighted by Crippen LogP contribution is -2.26. The molecule has 3 nitrogen and oxygen atoms in total. The van der Waals surface area contributed by atoms with Gasteiger partial charge in [-0.1, -0.05) is 0 Å². The highest BCUT2D eigenvalue weighted by Gasteiger charge is 2.50. The maximum atomic E-state index is 13.9. The van der Waals surface area contributed by atoms with Crippen LogP contribution < -0.4 is 0 Å². The van der Waals surface area contributed by atoms with Crippen LogP contribution in [0.15, 0.2) is 0 Å². The first-order chi connectivity index (χ1) is 11.3. The van der Waals surface area contributed by atoms with E-state index < -0.39 is 65.0 Å². The lowest BCUT2D eigenvalue weighted by Gasteiger charge is -2.21. The molecule has 1 aromatic rings. The first kappa shape index (κ1) is 20.6. The van der Waals surface area contributed by atoms with Gasteiger partial charge in [-0.2, -0.15) is 31.6 Å². The standard InChI is InChI=1S/C13H6F9NO2/c1-2-25-11(24)4(3-23)5-6(12(17,18)19)9(15)7(13(20,21)22)10(16)8(5)14/h4H,2H2,1H3. The summed E-state index contributed by atoms with van der Waals surface area (Å²) in [5.74, 6) is -13.6. The molecule has 0 aliphatic rings. The average Bonchev–Trinajstić information content (AvgIpc) is 2.42. The molecule has 0 aliphatic heterocycles. The predicted octanol–water partition coefficient (Wildman–Crippen LogP) is 4.31. The molecule has 1 rings (SSSR count). The smallest absolute Gasteiger partial charge is 0.422 e. The number of hydrogen-bond donors (Lipinski definition) is 0. The molecule has 1 atom stereocenters. The van der Waals surface area contributed by atoms with Crippen molar-refractivity contribution in [3.63, 3.8) is 0 Å². The van der Waals surface area contributed by atoms with E-state index in [2.05, 4.69) is 4.74 Å². The molecule has 0 N–H and O–H groups in total. The Morgan fingerprint density at radius 2 is 1.48 bits per heavy atom. The highest BCUT2D eigenvalue weighted by Crippen LogP contribution is 2.45. The Bertz CT molecular complexity index is 731. The summed E-state index contributed by atoms with van der Waals surface area (Å²) in [6.07, 6.45) is -12.0. The summed E-state index contributed by atoms with van der Waals surface area (Å²) in [7, 11) is 0. The van der Waals surface area contributed by atoms with Crippen molar-refractivity contribution in [2.45, 2.75) is 25.2 Å². The Hall–Kier alpha value is -2.45. The Morgan fingerprint density at radius 3 is 1.84 bits per heavy atom. The van der Waals surface area contributed by atoms with E-state index in [0.717, 1.165) is 13.0 Å². The summed E-state index contributed by atoms with van der Waals surface area (Å²) in [6, 6.07) is 0.840. The molecule has 1 unspecified atom stereocenters. The fraction of sp³-hybridized carbons (Fsp3) is 0.385. The van der Waals surface area contributed by atoms with E-state index in [0.29, 0.717) is 0 Å². The molecule has 0 bridgehead atoms. The first-order valence-corrected chi connectivity index (χ1v) is 6.19. The number of rotatable bonds is 3. The van der Waals surface area contributed by atoms with E-state index in [1.54, 1.807) is 0 Å². The molecular formula is C13H6F9NO2. The monoisotopic (exact) mass is 379 g/mol. The zero-order chi connectivity index (χ0) is 19.7. The minimum atomic E-state index is -6.00. The van der Waals surface area contributed by atoms with Gasteiger partial charge in [-0.05, 0) is 6.92 Å². The molecule has 12 heteroatoms. The van der Waals surface area contributed by atoms with Gasteiger partial charge in [0.05, 0.1) is 12.7 Å². The normalized spacial score (nSPS) is 13.3. The third kappa shape index (κ3) is 3.80. The molecule has 138 valence electrons. The molecule has 0 heterocycles. The van der Waals surface area contributed by atoms with Crippen molar-refractivity contribution in [3.8, 4) is 6.07 Å². The number of halogens is 9. The minimum Gasteiger partial charge on any atom is -0.465 e. The summed E-state index contributed by atoms with van der Waals surface area (Å²) >= 11 is 0. The van der Waals surface area contributed by atoms with Crippen LogP contribution in [0.25, 0.3) is 0 Å².